The molecule has 0 bridgehead atoms. The number of rotatable bonds is 4. The Morgan fingerprint density at radius 3 is 2.74 bits per heavy atom. The number of anilines is 2. The molecular formula is C14H22N4O. The van der Waals surface area contributed by atoms with Crippen molar-refractivity contribution in [3.05, 3.63) is 11.9 Å². The first kappa shape index (κ1) is 12.7. The van der Waals surface area contributed by atoms with Gasteiger partial charge in [0.15, 0.2) is 0 Å². The van der Waals surface area contributed by atoms with Gasteiger partial charge in [-0.2, -0.15) is 0 Å². The molecule has 2 aliphatic rings. The number of hydrogen-bond donors (Lipinski definition) is 3. The zero-order chi connectivity index (χ0) is 13.2. The number of aliphatic hydroxyl groups is 1. The van der Waals surface area contributed by atoms with Crippen LogP contribution in [0.25, 0.3) is 0 Å². The Bertz CT molecular complexity index is 447. The van der Waals surface area contributed by atoms with Crippen molar-refractivity contribution in [3.8, 4) is 0 Å². The van der Waals surface area contributed by atoms with E-state index in [-0.39, 0.29) is 6.61 Å². The first-order valence-electron chi connectivity index (χ1n) is 7.28. The maximum absolute atomic E-state index is 9.45. The van der Waals surface area contributed by atoms with Gasteiger partial charge in [0.05, 0.1) is 0 Å². The summed E-state index contributed by atoms with van der Waals surface area (Å²) in [7, 11) is 0. The van der Waals surface area contributed by atoms with Gasteiger partial charge >= 0.3 is 0 Å². The molecule has 104 valence electrons. The summed E-state index contributed by atoms with van der Waals surface area (Å²) in [6, 6.07) is 2.11. The normalized spacial score (nSPS) is 27.2. The number of aromatic nitrogens is 2. The van der Waals surface area contributed by atoms with Crippen LogP contribution in [0, 0.1) is 5.92 Å². The SMILES string of the molecule is Nc1cc(NC2CCCCC2CO)nc(C2CC2)n1. The minimum Gasteiger partial charge on any atom is -0.396 e. The molecule has 0 amide bonds. The van der Waals surface area contributed by atoms with E-state index in [2.05, 4.69) is 15.3 Å². The lowest BCUT2D eigenvalue weighted by Crippen LogP contribution is -2.34. The maximum atomic E-state index is 9.45. The van der Waals surface area contributed by atoms with Crippen molar-refractivity contribution < 1.29 is 5.11 Å². The molecule has 0 aliphatic heterocycles. The lowest BCUT2D eigenvalue weighted by atomic mass is 9.85. The molecule has 0 spiro atoms. The van der Waals surface area contributed by atoms with Crippen molar-refractivity contribution in [3.63, 3.8) is 0 Å². The van der Waals surface area contributed by atoms with E-state index in [1.165, 1.54) is 25.7 Å². The summed E-state index contributed by atoms with van der Waals surface area (Å²) in [5.74, 6) is 3.06. The van der Waals surface area contributed by atoms with Crippen LogP contribution in [0.15, 0.2) is 6.07 Å². The van der Waals surface area contributed by atoms with E-state index < -0.39 is 0 Å². The fourth-order valence-electron chi connectivity index (χ4n) is 2.89. The van der Waals surface area contributed by atoms with Gasteiger partial charge in [-0.05, 0) is 25.7 Å². The zero-order valence-electron chi connectivity index (χ0n) is 11.2. The minimum absolute atomic E-state index is 0.244. The fourth-order valence-corrected chi connectivity index (χ4v) is 2.89. The van der Waals surface area contributed by atoms with Crippen LogP contribution in [-0.2, 0) is 0 Å². The predicted octanol–water partition coefficient (Wildman–Crippen LogP) is 1.90. The molecule has 0 radical (unpaired) electrons. The Hall–Kier alpha value is -1.36. The minimum atomic E-state index is 0.244. The van der Waals surface area contributed by atoms with Crippen molar-refractivity contribution in [1.82, 2.24) is 9.97 Å². The van der Waals surface area contributed by atoms with Crippen LogP contribution in [0.2, 0.25) is 0 Å². The van der Waals surface area contributed by atoms with Crippen molar-refractivity contribution in [2.45, 2.75) is 50.5 Å². The highest BCUT2D eigenvalue weighted by molar-refractivity contribution is 5.46. The quantitative estimate of drug-likeness (QED) is 0.771. The standard InChI is InChI=1S/C14H22N4O/c15-12-7-13(18-14(17-12)9-5-6-9)16-11-4-2-1-3-10(11)8-19/h7,9-11,19H,1-6,8H2,(H3,15,16,17,18). The van der Waals surface area contributed by atoms with Gasteiger partial charge in [0.2, 0.25) is 0 Å². The summed E-state index contributed by atoms with van der Waals surface area (Å²) in [6.45, 7) is 0.244. The number of nitrogens with two attached hydrogens (primary N) is 1. The molecule has 2 saturated carbocycles. The van der Waals surface area contributed by atoms with Gasteiger partial charge in [0.1, 0.15) is 17.5 Å². The van der Waals surface area contributed by atoms with E-state index in [4.69, 9.17) is 5.73 Å². The molecule has 1 aromatic rings. The van der Waals surface area contributed by atoms with E-state index in [0.29, 0.717) is 23.7 Å². The molecule has 5 nitrogen and oxygen atoms in total. The molecule has 5 heteroatoms. The summed E-state index contributed by atoms with van der Waals surface area (Å²) in [4.78, 5) is 8.88. The molecule has 2 unspecified atom stereocenters. The van der Waals surface area contributed by atoms with Gasteiger partial charge in [-0.15, -0.1) is 0 Å². The number of nitrogens with zero attached hydrogens (tertiary/aromatic N) is 2. The summed E-state index contributed by atoms with van der Waals surface area (Å²) < 4.78 is 0. The van der Waals surface area contributed by atoms with Crippen LogP contribution in [0.3, 0.4) is 0 Å². The molecule has 1 aromatic heterocycles. The second kappa shape index (κ2) is 5.33. The van der Waals surface area contributed by atoms with Gasteiger partial charge in [-0.25, -0.2) is 9.97 Å². The second-order valence-corrected chi connectivity index (χ2v) is 5.79. The zero-order valence-corrected chi connectivity index (χ0v) is 11.2. The summed E-state index contributed by atoms with van der Waals surface area (Å²) >= 11 is 0. The molecule has 0 aromatic carbocycles. The van der Waals surface area contributed by atoms with E-state index in [1.807, 2.05) is 0 Å². The second-order valence-electron chi connectivity index (χ2n) is 5.79. The predicted molar refractivity (Wildman–Crippen MR) is 74.9 cm³/mol. The number of nitrogens with one attached hydrogen (secondary N) is 1. The Morgan fingerprint density at radius 1 is 1.21 bits per heavy atom. The van der Waals surface area contributed by atoms with Gasteiger partial charge < -0.3 is 16.2 Å². The van der Waals surface area contributed by atoms with Crippen LogP contribution >= 0.6 is 0 Å². The fraction of sp³-hybridized carbons (Fsp3) is 0.714. The number of aliphatic hydroxyl groups excluding tert-OH is 1. The molecule has 19 heavy (non-hydrogen) atoms. The lowest BCUT2D eigenvalue weighted by molar-refractivity contribution is 0.178. The lowest BCUT2D eigenvalue weighted by Gasteiger charge is -2.31. The highest BCUT2D eigenvalue weighted by Crippen LogP contribution is 2.38. The van der Waals surface area contributed by atoms with Crippen LogP contribution < -0.4 is 11.1 Å². The molecule has 2 fully saturated rings. The first-order valence-corrected chi connectivity index (χ1v) is 7.28. The third-order valence-electron chi connectivity index (χ3n) is 4.18. The van der Waals surface area contributed by atoms with E-state index in [9.17, 15) is 5.11 Å². The average molecular weight is 262 g/mol. The topological polar surface area (TPSA) is 84.1 Å². The third kappa shape index (κ3) is 2.97. The number of hydrogen-bond acceptors (Lipinski definition) is 5. The molecule has 2 aliphatic carbocycles. The van der Waals surface area contributed by atoms with Crippen LogP contribution in [-0.4, -0.2) is 27.7 Å². The summed E-state index contributed by atoms with van der Waals surface area (Å²) in [5.41, 5.74) is 5.86. The van der Waals surface area contributed by atoms with Gasteiger partial charge in [0.25, 0.3) is 0 Å². The van der Waals surface area contributed by atoms with Crippen molar-refractivity contribution in [1.29, 1.82) is 0 Å². The molecule has 0 saturated heterocycles. The molecule has 4 N–H and O–H groups in total. The van der Waals surface area contributed by atoms with Crippen LogP contribution in [0.4, 0.5) is 11.6 Å². The van der Waals surface area contributed by atoms with E-state index in [0.717, 1.165) is 24.5 Å². The Morgan fingerprint density at radius 2 is 2.00 bits per heavy atom. The Labute approximate surface area is 113 Å². The Balaban J connectivity index is 1.74. The van der Waals surface area contributed by atoms with Crippen LogP contribution in [0.5, 0.6) is 0 Å². The third-order valence-corrected chi connectivity index (χ3v) is 4.18. The smallest absolute Gasteiger partial charge is 0.136 e. The Kier molecular flexibility index (Phi) is 3.55. The average Bonchev–Trinajstić information content (AvgIpc) is 3.23. The van der Waals surface area contributed by atoms with E-state index >= 15 is 0 Å². The monoisotopic (exact) mass is 262 g/mol. The molecule has 2 atom stereocenters. The highest BCUT2D eigenvalue weighted by atomic mass is 16.3. The van der Waals surface area contributed by atoms with Gasteiger partial charge in [0, 0.05) is 30.6 Å². The van der Waals surface area contributed by atoms with Crippen molar-refractivity contribution >= 4 is 11.6 Å². The molecule has 1 heterocycles. The number of nitrogen functional groups attached to an aromatic ring is 1. The van der Waals surface area contributed by atoms with Crippen LogP contribution in [0.1, 0.15) is 50.3 Å². The summed E-state index contributed by atoms with van der Waals surface area (Å²) in [6.07, 6.45) is 6.95. The maximum Gasteiger partial charge on any atom is 0.136 e. The highest BCUT2D eigenvalue weighted by Gasteiger charge is 2.28. The first-order chi connectivity index (χ1) is 9.26. The largest absolute Gasteiger partial charge is 0.396 e. The summed E-state index contributed by atoms with van der Waals surface area (Å²) in [5, 5.41) is 12.9. The molecule has 3 rings (SSSR count). The van der Waals surface area contributed by atoms with Crippen molar-refractivity contribution in [2.24, 2.45) is 5.92 Å². The van der Waals surface area contributed by atoms with E-state index in [1.54, 1.807) is 6.07 Å². The van der Waals surface area contributed by atoms with Gasteiger partial charge in [-0.1, -0.05) is 12.8 Å². The molecular weight excluding hydrogens is 240 g/mol. The van der Waals surface area contributed by atoms with Crippen molar-refractivity contribution in [2.75, 3.05) is 17.7 Å². The van der Waals surface area contributed by atoms with Gasteiger partial charge in [-0.3, -0.25) is 0 Å².